The number of benzene rings is 1. The van der Waals surface area contributed by atoms with Crippen LogP contribution in [0.1, 0.15) is 5.56 Å². The number of hydrogen-bond acceptors (Lipinski definition) is 1. The van der Waals surface area contributed by atoms with Crippen molar-refractivity contribution in [3.05, 3.63) is 40.5 Å². The zero-order valence-electron chi connectivity index (χ0n) is 6.63. The molecule has 1 nitrogen and oxygen atoms in total. The van der Waals surface area contributed by atoms with E-state index in [4.69, 9.17) is 0 Å². The van der Waals surface area contributed by atoms with E-state index in [1.807, 2.05) is 25.1 Å². The van der Waals surface area contributed by atoms with Gasteiger partial charge in [-0.3, -0.25) is 4.98 Å². The molecular formula is C10H7BrN. The van der Waals surface area contributed by atoms with Crippen molar-refractivity contribution in [2.24, 2.45) is 0 Å². The van der Waals surface area contributed by atoms with Gasteiger partial charge in [0.2, 0.25) is 0 Å². The van der Waals surface area contributed by atoms with Gasteiger partial charge in [-0.1, -0.05) is 6.07 Å². The van der Waals surface area contributed by atoms with Crippen molar-refractivity contribution in [3.63, 3.8) is 0 Å². The minimum atomic E-state index is 0.991. The highest BCUT2D eigenvalue weighted by Gasteiger charge is 1.99. The van der Waals surface area contributed by atoms with Gasteiger partial charge >= 0.3 is 0 Å². The van der Waals surface area contributed by atoms with E-state index in [1.54, 1.807) is 6.20 Å². The summed E-state index contributed by atoms with van der Waals surface area (Å²) in [5, 5.41) is 1.11. The second kappa shape index (κ2) is 2.87. The van der Waals surface area contributed by atoms with Crippen LogP contribution >= 0.6 is 15.9 Å². The Kier molecular flexibility index (Phi) is 1.85. The maximum absolute atomic E-state index is 4.25. The lowest BCUT2D eigenvalue weighted by atomic mass is 10.1. The van der Waals surface area contributed by atoms with Crippen molar-refractivity contribution < 1.29 is 0 Å². The van der Waals surface area contributed by atoms with Gasteiger partial charge in [0.1, 0.15) is 0 Å². The molecule has 0 atom stereocenters. The fourth-order valence-corrected chi connectivity index (χ4v) is 1.85. The average molecular weight is 221 g/mol. The molecule has 59 valence electrons. The molecular weight excluding hydrogens is 214 g/mol. The number of halogens is 1. The lowest BCUT2D eigenvalue weighted by molar-refractivity contribution is 1.38. The summed E-state index contributed by atoms with van der Waals surface area (Å²) in [6, 6.07) is 9.17. The molecule has 0 fully saturated rings. The molecule has 2 rings (SSSR count). The second-order valence-electron chi connectivity index (χ2n) is 2.70. The average Bonchev–Trinajstić information content (AvgIpc) is 2.04. The Bertz CT molecular complexity index is 423. The predicted molar refractivity (Wildman–Crippen MR) is 53.0 cm³/mol. The van der Waals surface area contributed by atoms with E-state index in [-0.39, 0.29) is 0 Å². The van der Waals surface area contributed by atoms with E-state index in [2.05, 4.69) is 27.0 Å². The molecule has 1 heterocycles. The monoisotopic (exact) mass is 220 g/mol. The number of rotatable bonds is 0. The molecule has 1 radical (unpaired) electrons. The zero-order chi connectivity index (χ0) is 8.55. The Balaban J connectivity index is 2.89. The Morgan fingerprint density at radius 3 is 3.17 bits per heavy atom. The Morgan fingerprint density at radius 2 is 2.33 bits per heavy atom. The van der Waals surface area contributed by atoms with Crippen LogP contribution in [0.4, 0.5) is 0 Å². The van der Waals surface area contributed by atoms with Crippen LogP contribution < -0.4 is 0 Å². The third kappa shape index (κ3) is 1.23. The van der Waals surface area contributed by atoms with Crippen LogP contribution in [0.2, 0.25) is 0 Å². The molecule has 12 heavy (non-hydrogen) atoms. The van der Waals surface area contributed by atoms with E-state index >= 15 is 0 Å². The summed E-state index contributed by atoms with van der Waals surface area (Å²) >= 11 is 3.45. The van der Waals surface area contributed by atoms with Crippen LogP contribution in [-0.2, 0) is 0 Å². The smallest absolute Gasteiger partial charge is 0.0716 e. The lowest BCUT2D eigenvalue weighted by Crippen LogP contribution is -1.81. The number of hydrogen-bond donors (Lipinski definition) is 0. The lowest BCUT2D eigenvalue weighted by Gasteiger charge is -1.99. The van der Waals surface area contributed by atoms with Gasteiger partial charge in [-0.25, -0.2) is 0 Å². The molecule has 2 heteroatoms. The molecule has 0 spiro atoms. The molecule has 0 bridgehead atoms. The molecule has 0 amide bonds. The molecule has 0 aliphatic heterocycles. The Hall–Kier alpha value is -0.890. The van der Waals surface area contributed by atoms with Crippen LogP contribution in [0.5, 0.6) is 0 Å². The van der Waals surface area contributed by atoms with E-state index in [0.717, 1.165) is 20.9 Å². The molecule has 0 saturated carbocycles. The van der Waals surface area contributed by atoms with Crippen molar-refractivity contribution in [2.75, 3.05) is 0 Å². The topological polar surface area (TPSA) is 12.9 Å². The van der Waals surface area contributed by atoms with E-state index in [9.17, 15) is 0 Å². The summed E-state index contributed by atoms with van der Waals surface area (Å²) in [6.07, 6.45) is 1.80. The first-order chi connectivity index (χ1) is 5.77. The van der Waals surface area contributed by atoms with Crippen LogP contribution in [0.25, 0.3) is 10.9 Å². The summed E-state index contributed by atoms with van der Waals surface area (Å²) in [6.45, 7) is 2.01. The second-order valence-corrected chi connectivity index (χ2v) is 3.50. The maximum Gasteiger partial charge on any atom is 0.0716 e. The molecule has 0 aliphatic carbocycles. The quantitative estimate of drug-likeness (QED) is 0.666. The van der Waals surface area contributed by atoms with Crippen molar-refractivity contribution in [1.82, 2.24) is 4.98 Å². The van der Waals surface area contributed by atoms with E-state index in [1.165, 1.54) is 0 Å². The number of aryl methyl sites for hydroxylation is 1. The fraction of sp³-hybridized carbons (Fsp3) is 0.100. The van der Waals surface area contributed by atoms with Crippen molar-refractivity contribution in [2.45, 2.75) is 6.92 Å². The Morgan fingerprint density at radius 1 is 1.50 bits per heavy atom. The van der Waals surface area contributed by atoms with Crippen LogP contribution in [0.15, 0.2) is 28.9 Å². The highest BCUT2D eigenvalue weighted by Crippen LogP contribution is 2.22. The molecule has 0 N–H and O–H groups in total. The van der Waals surface area contributed by atoms with Gasteiger partial charge in [-0.05, 0) is 40.5 Å². The van der Waals surface area contributed by atoms with Gasteiger partial charge in [0, 0.05) is 22.1 Å². The maximum atomic E-state index is 4.25. The summed E-state index contributed by atoms with van der Waals surface area (Å²) in [5.74, 6) is 0. The highest BCUT2D eigenvalue weighted by atomic mass is 79.9. The standard InChI is InChI=1S/C10H7BrN/c1-7-5-9(11)8-3-2-4-12-10(8)6-7/h2-4,6H,1H3. The first-order valence-electron chi connectivity index (χ1n) is 3.70. The normalized spacial score (nSPS) is 10.5. The Labute approximate surface area is 79.6 Å². The summed E-state index contributed by atoms with van der Waals surface area (Å²) in [5.41, 5.74) is 2.12. The number of nitrogens with zero attached hydrogens (tertiary/aromatic N) is 1. The van der Waals surface area contributed by atoms with Crippen LogP contribution in [0.3, 0.4) is 0 Å². The molecule has 2 aromatic rings. The van der Waals surface area contributed by atoms with Crippen LogP contribution in [0, 0.1) is 13.0 Å². The molecule has 0 unspecified atom stereocenters. The van der Waals surface area contributed by atoms with Gasteiger partial charge in [0.15, 0.2) is 0 Å². The minimum absolute atomic E-state index is 0.991. The van der Waals surface area contributed by atoms with Crippen molar-refractivity contribution in [3.8, 4) is 0 Å². The SMILES string of the molecule is Cc1[c]c(Br)c2cccnc2c1. The van der Waals surface area contributed by atoms with Crippen molar-refractivity contribution in [1.29, 1.82) is 0 Å². The first-order valence-corrected chi connectivity index (χ1v) is 4.50. The molecule has 0 saturated heterocycles. The van der Waals surface area contributed by atoms with Crippen molar-refractivity contribution >= 4 is 26.8 Å². The first kappa shape index (κ1) is 7.74. The summed E-state index contributed by atoms with van der Waals surface area (Å²) in [4.78, 5) is 4.25. The largest absolute Gasteiger partial charge is 0.256 e. The molecule has 0 aliphatic rings. The van der Waals surface area contributed by atoms with Gasteiger partial charge in [-0.2, -0.15) is 0 Å². The summed E-state index contributed by atoms with van der Waals surface area (Å²) in [7, 11) is 0. The molecule has 1 aromatic heterocycles. The third-order valence-corrected chi connectivity index (χ3v) is 2.36. The number of fused-ring (bicyclic) bond motifs is 1. The highest BCUT2D eigenvalue weighted by molar-refractivity contribution is 9.10. The van der Waals surface area contributed by atoms with E-state index < -0.39 is 0 Å². The van der Waals surface area contributed by atoms with Gasteiger partial charge in [-0.15, -0.1) is 0 Å². The van der Waals surface area contributed by atoms with Gasteiger partial charge < -0.3 is 0 Å². The number of aromatic nitrogens is 1. The number of pyridine rings is 1. The molecule has 1 aromatic carbocycles. The van der Waals surface area contributed by atoms with E-state index in [0.29, 0.717) is 0 Å². The third-order valence-electron chi connectivity index (χ3n) is 1.74. The van der Waals surface area contributed by atoms with Gasteiger partial charge in [0.05, 0.1) is 5.52 Å². The zero-order valence-corrected chi connectivity index (χ0v) is 8.22. The predicted octanol–water partition coefficient (Wildman–Crippen LogP) is 3.11. The van der Waals surface area contributed by atoms with Gasteiger partial charge in [0.25, 0.3) is 0 Å². The summed E-state index contributed by atoms with van der Waals surface area (Å²) < 4.78 is 0.991. The fourth-order valence-electron chi connectivity index (χ4n) is 1.20. The van der Waals surface area contributed by atoms with Crippen LogP contribution in [-0.4, -0.2) is 4.98 Å². The minimum Gasteiger partial charge on any atom is -0.256 e.